The van der Waals surface area contributed by atoms with Crippen LogP contribution < -0.4 is 4.74 Å². The Hall–Kier alpha value is -2.46. The smallest absolute Gasteiger partial charge is 0.233 e. The largest absolute Gasteiger partial charge is 0.472 e. The van der Waals surface area contributed by atoms with Gasteiger partial charge in [-0.3, -0.25) is 5.11 Å². The summed E-state index contributed by atoms with van der Waals surface area (Å²) in [5, 5.41) is 16.7. The molecule has 2 aromatic carbocycles. The van der Waals surface area contributed by atoms with Crippen molar-refractivity contribution in [1.29, 1.82) is 0 Å². The Labute approximate surface area is 133 Å². The van der Waals surface area contributed by atoms with E-state index in [9.17, 15) is 5.11 Å². The predicted molar refractivity (Wildman–Crippen MR) is 84.2 cm³/mol. The average molecular weight is 314 g/mol. The molecule has 0 saturated carbocycles. The highest BCUT2D eigenvalue weighted by molar-refractivity contribution is 6.30. The lowest BCUT2D eigenvalue weighted by molar-refractivity contribution is 0.276. The maximum Gasteiger partial charge on any atom is 0.233 e. The standard InChI is InChI=1S/C17H14ClN2O2/c1-12-2-7-16(21)13(10-12)11-22-17-8-9-20(19-17)15-5-3-14(18)4-6-15/h2-10H,11H2,1H3. The fraction of sp³-hybridized carbons (Fsp3) is 0.118. The van der Waals surface area contributed by atoms with Crippen molar-refractivity contribution in [3.05, 3.63) is 70.9 Å². The predicted octanol–water partition coefficient (Wildman–Crippen LogP) is 4.56. The molecule has 0 bridgehead atoms. The Bertz CT molecular complexity index is 782. The third-order valence-electron chi connectivity index (χ3n) is 3.25. The maximum atomic E-state index is 11.7. The summed E-state index contributed by atoms with van der Waals surface area (Å²) in [6.45, 7) is 2.15. The molecule has 111 valence electrons. The van der Waals surface area contributed by atoms with E-state index < -0.39 is 0 Å². The van der Waals surface area contributed by atoms with Crippen molar-refractivity contribution < 1.29 is 9.84 Å². The first-order valence-corrected chi connectivity index (χ1v) is 7.20. The number of aryl methyl sites for hydroxylation is 1. The molecule has 22 heavy (non-hydrogen) atoms. The van der Waals surface area contributed by atoms with Crippen molar-refractivity contribution in [1.82, 2.24) is 9.78 Å². The molecule has 1 heterocycles. The van der Waals surface area contributed by atoms with Gasteiger partial charge in [0.25, 0.3) is 0 Å². The molecule has 0 aliphatic heterocycles. The molecular formula is C17H14ClN2O2. The van der Waals surface area contributed by atoms with Gasteiger partial charge >= 0.3 is 0 Å². The summed E-state index contributed by atoms with van der Waals surface area (Å²) in [6.07, 6.45) is 1.80. The average Bonchev–Trinajstić information content (AvgIpc) is 2.98. The number of halogens is 1. The third-order valence-corrected chi connectivity index (χ3v) is 3.50. The molecule has 0 aliphatic rings. The van der Waals surface area contributed by atoms with Crippen LogP contribution in [0.4, 0.5) is 0 Å². The summed E-state index contributed by atoms with van der Waals surface area (Å²) in [5.41, 5.74) is 2.55. The second-order valence-corrected chi connectivity index (χ2v) is 5.41. The van der Waals surface area contributed by atoms with Crippen molar-refractivity contribution in [2.45, 2.75) is 13.5 Å². The van der Waals surface area contributed by atoms with E-state index in [2.05, 4.69) is 5.10 Å². The zero-order valence-electron chi connectivity index (χ0n) is 12.0. The number of hydrogen-bond acceptors (Lipinski definition) is 2. The SMILES string of the molecule is Cc1ccc([O])c(COc2ccn(-c3ccc(Cl)cc3)n2)c1. The van der Waals surface area contributed by atoms with Gasteiger partial charge in [0.05, 0.1) is 5.69 Å². The fourth-order valence-corrected chi connectivity index (χ4v) is 2.22. The Kier molecular flexibility index (Phi) is 4.02. The molecule has 0 amide bonds. The normalized spacial score (nSPS) is 10.6. The molecule has 3 aromatic rings. The second-order valence-electron chi connectivity index (χ2n) is 4.97. The van der Waals surface area contributed by atoms with Gasteiger partial charge in [-0.2, -0.15) is 0 Å². The molecule has 5 heteroatoms. The maximum absolute atomic E-state index is 11.7. The van der Waals surface area contributed by atoms with Crippen molar-refractivity contribution in [3.63, 3.8) is 0 Å². The van der Waals surface area contributed by atoms with E-state index >= 15 is 0 Å². The topological polar surface area (TPSA) is 47.0 Å². The zero-order chi connectivity index (χ0) is 15.5. The molecule has 0 spiro atoms. The van der Waals surface area contributed by atoms with Crippen molar-refractivity contribution >= 4 is 11.6 Å². The van der Waals surface area contributed by atoms with Crippen LogP contribution in [0.1, 0.15) is 11.1 Å². The minimum Gasteiger partial charge on any atom is -0.472 e. The number of ether oxygens (including phenoxy) is 1. The van der Waals surface area contributed by atoms with Crippen LogP contribution in [0.2, 0.25) is 5.02 Å². The van der Waals surface area contributed by atoms with Gasteiger partial charge in [0.1, 0.15) is 6.61 Å². The summed E-state index contributed by atoms with van der Waals surface area (Å²) in [7, 11) is 0. The molecule has 0 unspecified atom stereocenters. The van der Waals surface area contributed by atoms with Gasteiger partial charge in [-0.25, -0.2) is 4.68 Å². The zero-order valence-corrected chi connectivity index (χ0v) is 12.7. The Morgan fingerprint density at radius 2 is 1.91 bits per heavy atom. The van der Waals surface area contributed by atoms with E-state index in [4.69, 9.17) is 16.3 Å². The molecule has 0 saturated heterocycles. The molecule has 0 fully saturated rings. The van der Waals surface area contributed by atoms with E-state index in [1.165, 1.54) is 0 Å². The minimum atomic E-state index is -0.0252. The Morgan fingerprint density at radius 3 is 2.68 bits per heavy atom. The van der Waals surface area contributed by atoms with Crippen LogP contribution in [0.15, 0.2) is 54.7 Å². The van der Waals surface area contributed by atoms with Crippen molar-refractivity contribution in [3.8, 4) is 17.3 Å². The molecule has 0 aliphatic carbocycles. The molecule has 1 aromatic heterocycles. The van der Waals surface area contributed by atoms with E-state index in [1.54, 1.807) is 41.2 Å². The van der Waals surface area contributed by atoms with Gasteiger partial charge < -0.3 is 4.74 Å². The Morgan fingerprint density at radius 1 is 1.14 bits per heavy atom. The Balaban J connectivity index is 1.72. The van der Waals surface area contributed by atoms with Gasteiger partial charge in [0, 0.05) is 22.8 Å². The quantitative estimate of drug-likeness (QED) is 0.709. The lowest BCUT2D eigenvalue weighted by Gasteiger charge is -2.05. The number of aromatic nitrogens is 2. The first-order valence-electron chi connectivity index (χ1n) is 6.83. The summed E-state index contributed by atoms with van der Waals surface area (Å²) in [4.78, 5) is 0. The second kappa shape index (κ2) is 6.12. The van der Waals surface area contributed by atoms with Crippen LogP contribution in [0, 0.1) is 6.92 Å². The summed E-state index contributed by atoms with van der Waals surface area (Å²) < 4.78 is 7.29. The van der Waals surface area contributed by atoms with Gasteiger partial charge in [0.2, 0.25) is 5.88 Å². The summed E-state index contributed by atoms with van der Waals surface area (Å²) in [5.74, 6) is 0.443. The van der Waals surface area contributed by atoms with E-state index in [1.807, 2.05) is 25.1 Å². The van der Waals surface area contributed by atoms with Gasteiger partial charge in [-0.15, -0.1) is 5.10 Å². The highest BCUT2D eigenvalue weighted by Gasteiger charge is 2.07. The number of nitrogens with zero attached hydrogens (tertiary/aromatic N) is 2. The van der Waals surface area contributed by atoms with E-state index in [0.29, 0.717) is 16.5 Å². The van der Waals surface area contributed by atoms with E-state index in [-0.39, 0.29) is 12.4 Å². The third kappa shape index (κ3) is 3.23. The monoisotopic (exact) mass is 313 g/mol. The molecule has 1 radical (unpaired) electrons. The fourth-order valence-electron chi connectivity index (χ4n) is 2.09. The first-order chi connectivity index (χ1) is 10.6. The molecule has 0 N–H and O–H groups in total. The summed E-state index contributed by atoms with van der Waals surface area (Å²) in [6, 6.07) is 14.3. The van der Waals surface area contributed by atoms with Crippen LogP contribution in [-0.4, -0.2) is 9.78 Å². The summed E-state index contributed by atoms with van der Waals surface area (Å²) >= 11 is 5.87. The molecular weight excluding hydrogens is 300 g/mol. The number of benzene rings is 2. The van der Waals surface area contributed by atoms with Crippen LogP contribution in [-0.2, 0) is 11.7 Å². The first kappa shape index (κ1) is 14.5. The van der Waals surface area contributed by atoms with Crippen LogP contribution in [0.3, 0.4) is 0 Å². The minimum absolute atomic E-state index is 0.0252. The molecule has 0 atom stereocenters. The van der Waals surface area contributed by atoms with Gasteiger partial charge in [0.15, 0.2) is 5.75 Å². The number of rotatable bonds is 4. The highest BCUT2D eigenvalue weighted by atomic mass is 35.5. The number of hydrogen-bond donors (Lipinski definition) is 0. The van der Waals surface area contributed by atoms with Gasteiger partial charge in [-0.05, 0) is 43.3 Å². The highest BCUT2D eigenvalue weighted by Crippen LogP contribution is 2.21. The van der Waals surface area contributed by atoms with Gasteiger partial charge in [-0.1, -0.05) is 23.2 Å². The van der Waals surface area contributed by atoms with Crippen LogP contribution >= 0.6 is 11.6 Å². The lowest BCUT2D eigenvalue weighted by atomic mass is 10.1. The lowest BCUT2D eigenvalue weighted by Crippen LogP contribution is -1.99. The van der Waals surface area contributed by atoms with Crippen LogP contribution in [0.5, 0.6) is 11.6 Å². The molecule has 4 nitrogen and oxygen atoms in total. The van der Waals surface area contributed by atoms with Crippen molar-refractivity contribution in [2.24, 2.45) is 0 Å². The van der Waals surface area contributed by atoms with E-state index in [0.717, 1.165) is 11.3 Å². The molecule has 3 rings (SSSR count). The van der Waals surface area contributed by atoms with Crippen molar-refractivity contribution in [2.75, 3.05) is 0 Å². The van der Waals surface area contributed by atoms with Crippen LogP contribution in [0.25, 0.3) is 5.69 Å².